The van der Waals surface area contributed by atoms with Crippen LogP contribution in [0.25, 0.3) is 0 Å². The van der Waals surface area contributed by atoms with E-state index >= 15 is 0 Å². The molecule has 2 aliphatic rings. The van der Waals surface area contributed by atoms with E-state index in [0.717, 1.165) is 4.31 Å². The van der Waals surface area contributed by atoms with E-state index in [9.17, 15) is 28.4 Å². The first kappa shape index (κ1) is 18.7. The summed E-state index contributed by atoms with van der Waals surface area (Å²) in [6, 6.07) is 3.06. The number of fused-ring (bicyclic) bond motifs is 1. The Hall–Kier alpha value is -2.61. The summed E-state index contributed by atoms with van der Waals surface area (Å²) in [5.74, 6) is -1.51. The van der Waals surface area contributed by atoms with Gasteiger partial charge in [-0.05, 0) is 18.1 Å². The van der Waals surface area contributed by atoms with Crippen LogP contribution in [0.3, 0.4) is 0 Å². The lowest BCUT2D eigenvalue weighted by Crippen LogP contribution is -2.56. The second-order valence-corrected chi connectivity index (χ2v) is 8.56. The molecule has 150 valence electrons. The third kappa shape index (κ3) is 3.22. The highest BCUT2D eigenvalue weighted by Gasteiger charge is 2.40. The van der Waals surface area contributed by atoms with Crippen molar-refractivity contribution < 1.29 is 37.8 Å². The van der Waals surface area contributed by atoms with E-state index in [2.05, 4.69) is 9.97 Å². The van der Waals surface area contributed by atoms with Gasteiger partial charge in [0.05, 0.1) is 18.8 Å². The van der Waals surface area contributed by atoms with E-state index in [1.165, 1.54) is 18.5 Å². The van der Waals surface area contributed by atoms with Crippen LogP contribution in [0, 0.1) is 0 Å². The van der Waals surface area contributed by atoms with Crippen molar-refractivity contribution in [2.75, 3.05) is 13.1 Å². The largest absolute Gasteiger partial charge is 0.669 e. The molecular weight excluding hydrogens is 393 g/mol. The molecule has 0 saturated carbocycles. The van der Waals surface area contributed by atoms with Gasteiger partial charge in [-0.2, -0.15) is 4.31 Å². The number of ether oxygens (including phenoxy) is 1. The minimum Gasteiger partial charge on any atom is -0.669 e. The predicted octanol–water partition coefficient (Wildman–Crippen LogP) is -0.582. The first-order valence-electron chi connectivity index (χ1n) is 8.52. The average Bonchev–Trinajstić information content (AvgIpc) is 3.11. The lowest BCUT2D eigenvalue weighted by Gasteiger charge is -2.39. The number of aromatic carboxylic acids is 1. The van der Waals surface area contributed by atoms with Gasteiger partial charge in [0.25, 0.3) is 10.0 Å². The Kier molecular flexibility index (Phi) is 4.34. The molecule has 4 N–H and O–H groups in total. The maximum Gasteiger partial charge on any atom is 0.430 e. The molecule has 0 unspecified atom stereocenters. The summed E-state index contributed by atoms with van der Waals surface area (Å²) in [6.07, 6.45) is 2.38. The fraction of sp³-hybridized carbons (Fsp3) is 0.333. The molecule has 0 amide bonds. The summed E-state index contributed by atoms with van der Waals surface area (Å²) < 4.78 is 36.6. The number of aromatic amines is 1. The number of nitrogens with one attached hydrogen (secondary N) is 1. The van der Waals surface area contributed by atoms with Crippen LogP contribution in [0.5, 0.6) is 11.5 Å². The normalized spacial score (nSPS) is 19.4. The Morgan fingerprint density at radius 1 is 1.36 bits per heavy atom. The van der Waals surface area contributed by atoms with Gasteiger partial charge >= 0.3 is 12.7 Å². The number of carboxylic acids is 1. The molecule has 28 heavy (non-hydrogen) atoms. The number of hydrogen-bond acceptors (Lipinski definition) is 8. The van der Waals surface area contributed by atoms with Crippen molar-refractivity contribution >= 4 is 22.7 Å². The topological polar surface area (TPSA) is 162 Å². The van der Waals surface area contributed by atoms with Gasteiger partial charge < -0.3 is 29.5 Å². The van der Waals surface area contributed by atoms with Crippen LogP contribution in [0.1, 0.15) is 15.9 Å². The molecule has 13 heteroatoms. The molecule has 4 rings (SSSR count). The van der Waals surface area contributed by atoms with Crippen molar-refractivity contribution in [3.05, 3.63) is 35.7 Å². The maximum atomic E-state index is 12.3. The van der Waals surface area contributed by atoms with E-state index < -0.39 is 28.9 Å². The zero-order valence-corrected chi connectivity index (χ0v) is 15.3. The minimum atomic E-state index is -3.76. The lowest BCUT2D eigenvalue weighted by molar-refractivity contribution is 0.0630. The van der Waals surface area contributed by atoms with Crippen LogP contribution < -0.4 is 9.39 Å². The van der Waals surface area contributed by atoms with Crippen LogP contribution >= 0.6 is 0 Å². The number of imidazole rings is 1. The van der Waals surface area contributed by atoms with Crippen molar-refractivity contribution in [2.45, 2.75) is 24.0 Å². The van der Waals surface area contributed by atoms with Crippen molar-refractivity contribution in [3.63, 3.8) is 0 Å². The molecule has 11 nitrogen and oxygen atoms in total. The number of carboxylic acid groups (broad SMARTS) is 1. The fourth-order valence-corrected chi connectivity index (χ4v) is 4.58. The number of sulfonamides is 1. The smallest absolute Gasteiger partial charge is 0.430 e. The standard InChI is InChI=1S/C15H17BN3O8S/c20-14(21)12-11(2-1-9-3-4-16(22,23)27-13(9)12)26-10-7-19(8-10)28(24,25)15-17-5-6-18-15/h1-2,5-6,10,22-23H,3-4,7-8H2,(H,17,18)(H,20,21)/q-1. The van der Waals surface area contributed by atoms with Crippen LogP contribution in [0.4, 0.5) is 0 Å². The Balaban J connectivity index is 1.53. The Morgan fingerprint density at radius 3 is 2.75 bits per heavy atom. The first-order valence-corrected chi connectivity index (χ1v) is 9.96. The van der Waals surface area contributed by atoms with E-state index in [4.69, 9.17) is 9.39 Å². The molecular formula is C15H17BN3O8S-. The number of carbonyl (C=O) groups is 1. The van der Waals surface area contributed by atoms with Gasteiger partial charge in [0.15, 0.2) is 0 Å². The van der Waals surface area contributed by atoms with Crippen LogP contribution in [-0.2, 0) is 16.4 Å². The zero-order chi connectivity index (χ0) is 20.1. The highest BCUT2D eigenvalue weighted by Crippen LogP contribution is 2.39. The number of nitrogens with zero attached hydrogens (tertiary/aromatic N) is 2. The summed E-state index contributed by atoms with van der Waals surface area (Å²) in [4.78, 5) is 18.0. The second-order valence-electron chi connectivity index (χ2n) is 6.70. The average molecular weight is 410 g/mol. The highest BCUT2D eigenvalue weighted by molar-refractivity contribution is 7.89. The Morgan fingerprint density at radius 2 is 2.11 bits per heavy atom. The van der Waals surface area contributed by atoms with Crippen molar-refractivity contribution in [1.82, 2.24) is 14.3 Å². The summed E-state index contributed by atoms with van der Waals surface area (Å²) in [5, 5.41) is 28.9. The van der Waals surface area contributed by atoms with Gasteiger partial charge in [-0.3, -0.25) is 0 Å². The van der Waals surface area contributed by atoms with E-state index in [1.54, 1.807) is 6.07 Å². The molecule has 1 saturated heterocycles. The molecule has 2 aromatic rings. The van der Waals surface area contributed by atoms with Gasteiger partial charge in [0.1, 0.15) is 17.4 Å². The number of benzene rings is 1. The highest BCUT2D eigenvalue weighted by atomic mass is 32.2. The van der Waals surface area contributed by atoms with Gasteiger partial charge in [-0.15, -0.1) is 0 Å². The summed E-state index contributed by atoms with van der Waals surface area (Å²) in [5.41, 5.74) is 0.208. The molecule has 1 fully saturated rings. The number of H-pyrrole nitrogens is 1. The zero-order valence-electron chi connectivity index (χ0n) is 14.5. The van der Waals surface area contributed by atoms with Crippen LogP contribution in [0.2, 0.25) is 6.32 Å². The summed E-state index contributed by atoms with van der Waals surface area (Å²) in [7, 11) is -3.76. The fourth-order valence-electron chi connectivity index (χ4n) is 3.20. The number of hydrogen-bond donors (Lipinski definition) is 4. The molecule has 1 aromatic carbocycles. The van der Waals surface area contributed by atoms with E-state index in [-0.39, 0.29) is 48.0 Å². The number of rotatable bonds is 5. The third-order valence-electron chi connectivity index (χ3n) is 4.68. The van der Waals surface area contributed by atoms with Gasteiger partial charge in [0, 0.05) is 12.4 Å². The Bertz CT molecular complexity index is 1020. The quantitative estimate of drug-likeness (QED) is 0.472. The second kappa shape index (κ2) is 6.48. The van der Waals surface area contributed by atoms with E-state index in [1.807, 2.05) is 0 Å². The molecule has 0 radical (unpaired) electrons. The maximum absolute atomic E-state index is 12.3. The van der Waals surface area contributed by atoms with Crippen LogP contribution in [-0.4, -0.2) is 69.8 Å². The Labute approximate surface area is 159 Å². The molecule has 1 aromatic heterocycles. The minimum absolute atomic E-state index is 0.0217. The first-order chi connectivity index (χ1) is 13.2. The lowest BCUT2D eigenvalue weighted by atomic mass is 9.70. The summed E-state index contributed by atoms with van der Waals surface area (Å²) in [6.45, 7) is -3.09. The molecule has 0 bridgehead atoms. The SMILES string of the molecule is O=C(O)c1c(OC2CN(S(=O)(=O)c3ncc[nH]3)C2)ccc2c1O[B-](O)(O)CC2. The van der Waals surface area contributed by atoms with Crippen molar-refractivity contribution in [3.8, 4) is 11.5 Å². The molecule has 3 heterocycles. The molecule has 0 aliphatic carbocycles. The monoisotopic (exact) mass is 410 g/mol. The van der Waals surface area contributed by atoms with Crippen LogP contribution in [0.15, 0.2) is 29.7 Å². The van der Waals surface area contributed by atoms with Gasteiger partial charge in [-0.25, -0.2) is 18.2 Å². The number of aryl methyl sites for hydroxylation is 1. The third-order valence-corrected chi connectivity index (χ3v) is 6.37. The number of aromatic nitrogens is 2. The van der Waals surface area contributed by atoms with Gasteiger partial charge in [0.2, 0.25) is 5.16 Å². The van der Waals surface area contributed by atoms with Gasteiger partial charge in [-0.1, -0.05) is 12.4 Å². The predicted molar refractivity (Wildman–Crippen MR) is 94.5 cm³/mol. The molecule has 0 spiro atoms. The van der Waals surface area contributed by atoms with Crippen molar-refractivity contribution in [2.24, 2.45) is 0 Å². The summed E-state index contributed by atoms with van der Waals surface area (Å²) >= 11 is 0. The van der Waals surface area contributed by atoms with E-state index in [0.29, 0.717) is 5.56 Å². The molecule has 2 aliphatic heterocycles. The van der Waals surface area contributed by atoms with Crippen molar-refractivity contribution in [1.29, 1.82) is 0 Å². The molecule has 0 atom stereocenters.